The Morgan fingerprint density at radius 2 is 1.41 bits per heavy atom. The molecule has 0 saturated carbocycles. The highest BCUT2D eigenvalue weighted by molar-refractivity contribution is 6.60. The molecule has 6 nitrogen and oxygen atoms in total. The molecule has 0 spiro atoms. The van der Waals surface area contributed by atoms with Crippen LogP contribution in [-0.4, -0.2) is 56.8 Å². The summed E-state index contributed by atoms with van der Waals surface area (Å²) in [6, 6.07) is 0.743. The zero-order valence-corrected chi connectivity index (χ0v) is 12.7. The second-order valence-electron chi connectivity index (χ2n) is 3.68. The normalized spacial score (nSPS) is 13.1. The zero-order chi connectivity index (χ0) is 13.4. The molecular formula is C10H25NO5Si. The fourth-order valence-corrected chi connectivity index (χ4v) is 3.13. The highest BCUT2D eigenvalue weighted by Gasteiger charge is 2.37. The van der Waals surface area contributed by atoms with Crippen LogP contribution in [0.15, 0.2) is 0 Å². The topological polar surface area (TPSA) is 58.2 Å². The Bertz CT molecular complexity index is 189. The first kappa shape index (κ1) is 17.0. The molecule has 0 heterocycles. The van der Waals surface area contributed by atoms with Crippen LogP contribution in [0, 0.1) is 0 Å². The van der Waals surface area contributed by atoms with Gasteiger partial charge in [-0.2, -0.15) is 0 Å². The minimum Gasteiger partial charge on any atom is -0.377 e. The van der Waals surface area contributed by atoms with E-state index in [1.54, 1.807) is 35.5 Å². The Morgan fingerprint density at radius 3 is 1.76 bits per heavy atom. The third-order valence-corrected chi connectivity index (χ3v) is 5.65. The van der Waals surface area contributed by atoms with Crippen LogP contribution in [0.25, 0.3) is 0 Å². The maximum absolute atomic E-state index is 5.33. The molecule has 0 aliphatic carbocycles. The van der Waals surface area contributed by atoms with Gasteiger partial charge >= 0.3 is 8.80 Å². The van der Waals surface area contributed by atoms with Gasteiger partial charge in [0.15, 0.2) is 0 Å². The van der Waals surface area contributed by atoms with Gasteiger partial charge in [0.2, 0.25) is 5.91 Å². The molecule has 17 heavy (non-hydrogen) atoms. The fraction of sp³-hybridized carbons (Fsp3) is 1.00. The smallest absolute Gasteiger partial charge is 0.377 e. The molecule has 104 valence electrons. The molecule has 0 saturated heterocycles. The predicted octanol–water partition coefficient (Wildman–Crippen LogP) is 0.811. The first-order chi connectivity index (χ1) is 8.01. The Hall–Kier alpha value is -0.0231. The van der Waals surface area contributed by atoms with E-state index in [-0.39, 0.29) is 0 Å². The number of nitrogens with one attached hydrogen (secondary N) is 1. The summed E-state index contributed by atoms with van der Waals surface area (Å²) >= 11 is 0. The van der Waals surface area contributed by atoms with Crippen molar-refractivity contribution in [2.75, 3.05) is 42.1 Å². The van der Waals surface area contributed by atoms with Crippen LogP contribution < -0.4 is 5.32 Å². The summed E-state index contributed by atoms with van der Waals surface area (Å²) in [6.45, 7) is 2.55. The van der Waals surface area contributed by atoms with Gasteiger partial charge in [0.25, 0.3) is 0 Å². The summed E-state index contributed by atoms with van der Waals surface area (Å²) in [4.78, 5) is 0. The second kappa shape index (κ2) is 8.14. The summed E-state index contributed by atoms with van der Waals surface area (Å²) in [7, 11) is 5.57. The van der Waals surface area contributed by atoms with Crippen molar-refractivity contribution in [1.82, 2.24) is 5.32 Å². The van der Waals surface area contributed by atoms with E-state index in [0.717, 1.165) is 19.0 Å². The lowest BCUT2D eigenvalue weighted by molar-refractivity contribution is -0.214. The van der Waals surface area contributed by atoms with E-state index < -0.39 is 14.7 Å². The zero-order valence-electron chi connectivity index (χ0n) is 11.7. The lowest BCUT2D eigenvalue weighted by atomic mass is 10.4. The quantitative estimate of drug-likeness (QED) is 0.359. The van der Waals surface area contributed by atoms with Crippen molar-refractivity contribution in [3.8, 4) is 0 Å². The van der Waals surface area contributed by atoms with Crippen molar-refractivity contribution in [2.24, 2.45) is 0 Å². The highest BCUT2D eigenvalue weighted by atomic mass is 28.4. The van der Waals surface area contributed by atoms with Crippen molar-refractivity contribution in [2.45, 2.75) is 25.3 Å². The molecule has 0 aromatic heterocycles. The molecule has 7 heteroatoms. The largest absolute Gasteiger partial charge is 0.500 e. The predicted molar refractivity (Wildman–Crippen MR) is 66.6 cm³/mol. The van der Waals surface area contributed by atoms with Crippen LogP contribution in [0.3, 0.4) is 0 Å². The molecule has 0 atom stereocenters. The van der Waals surface area contributed by atoms with Crippen LogP contribution in [0.1, 0.15) is 13.3 Å². The molecule has 0 aromatic rings. The molecule has 0 aliphatic rings. The second-order valence-corrected chi connectivity index (χ2v) is 6.77. The average molecular weight is 267 g/mol. The van der Waals surface area contributed by atoms with E-state index in [1.165, 1.54) is 0 Å². The van der Waals surface area contributed by atoms with Gasteiger partial charge in [-0.1, -0.05) is 0 Å². The molecular weight excluding hydrogens is 242 g/mol. The number of methoxy groups -OCH3 is 2. The van der Waals surface area contributed by atoms with Crippen LogP contribution in [0.5, 0.6) is 0 Å². The number of hydrogen-bond donors (Lipinski definition) is 1. The van der Waals surface area contributed by atoms with Crippen molar-refractivity contribution in [1.29, 1.82) is 0 Å². The van der Waals surface area contributed by atoms with Gasteiger partial charge in [0.05, 0.1) is 0 Å². The number of rotatable bonds is 10. The standard InChI is InChI=1S/C10H25NO5Si/c1-10(12-2,13-3)11-8-7-9-17(14-4,15-5)16-6/h11H,7-9H2,1-6H3. The molecule has 0 bridgehead atoms. The molecule has 0 aromatic carbocycles. The van der Waals surface area contributed by atoms with Gasteiger partial charge in [-0.15, -0.1) is 0 Å². The van der Waals surface area contributed by atoms with E-state index in [9.17, 15) is 0 Å². The van der Waals surface area contributed by atoms with E-state index in [4.69, 9.17) is 22.8 Å². The fourth-order valence-electron chi connectivity index (χ4n) is 1.40. The Labute approximate surface area is 105 Å². The SMILES string of the molecule is COC(C)(NCCC[Si](OC)(OC)OC)OC. The lowest BCUT2D eigenvalue weighted by Crippen LogP contribution is -2.47. The van der Waals surface area contributed by atoms with E-state index in [1.807, 2.05) is 6.92 Å². The Morgan fingerprint density at radius 1 is 0.941 bits per heavy atom. The third-order valence-electron chi connectivity index (χ3n) is 2.82. The Balaban J connectivity index is 3.98. The molecule has 0 amide bonds. The lowest BCUT2D eigenvalue weighted by Gasteiger charge is -2.28. The minimum absolute atomic E-state index is 0.725. The first-order valence-corrected chi connectivity index (χ1v) is 7.45. The van der Waals surface area contributed by atoms with Gasteiger partial charge in [-0.3, -0.25) is 5.32 Å². The van der Waals surface area contributed by atoms with Crippen molar-refractivity contribution in [3.63, 3.8) is 0 Å². The van der Waals surface area contributed by atoms with Gasteiger partial charge in [0.1, 0.15) is 0 Å². The summed E-state index contributed by atoms with van der Waals surface area (Å²) < 4.78 is 26.3. The summed E-state index contributed by atoms with van der Waals surface area (Å²) in [6.07, 6.45) is 0.851. The highest BCUT2D eigenvalue weighted by Crippen LogP contribution is 2.15. The van der Waals surface area contributed by atoms with Gasteiger partial charge < -0.3 is 22.8 Å². The third kappa shape index (κ3) is 5.43. The van der Waals surface area contributed by atoms with Crippen molar-refractivity contribution >= 4 is 8.80 Å². The monoisotopic (exact) mass is 267 g/mol. The molecule has 0 radical (unpaired) electrons. The number of hydrogen-bond acceptors (Lipinski definition) is 6. The van der Waals surface area contributed by atoms with Crippen LogP contribution >= 0.6 is 0 Å². The molecule has 0 unspecified atom stereocenters. The maximum Gasteiger partial charge on any atom is 0.500 e. The first-order valence-electron chi connectivity index (χ1n) is 5.52. The van der Waals surface area contributed by atoms with Gasteiger partial charge in [-0.05, 0) is 6.42 Å². The molecule has 0 fully saturated rings. The van der Waals surface area contributed by atoms with Crippen LogP contribution in [-0.2, 0) is 22.8 Å². The Kier molecular flexibility index (Phi) is 8.13. The average Bonchev–Trinajstić information content (AvgIpc) is 2.39. The summed E-state index contributed by atoms with van der Waals surface area (Å²) in [5.41, 5.74) is 0. The van der Waals surface area contributed by atoms with Gasteiger partial charge in [0, 0.05) is 55.1 Å². The van der Waals surface area contributed by atoms with Crippen LogP contribution in [0.2, 0.25) is 6.04 Å². The van der Waals surface area contributed by atoms with E-state index in [2.05, 4.69) is 5.32 Å². The van der Waals surface area contributed by atoms with E-state index in [0.29, 0.717) is 0 Å². The molecule has 0 rings (SSSR count). The molecule has 0 aliphatic heterocycles. The minimum atomic E-state index is -2.46. The number of ether oxygens (including phenoxy) is 2. The summed E-state index contributed by atoms with van der Waals surface area (Å²) in [5, 5.41) is 3.15. The maximum atomic E-state index is 5.33. The van der Waals surface area contributed by atoms with Crippen molar-refractivity contribution in [3.05, 3.63) is 0 Å². The van der Waals surface area contributed by atoms with Crippen LogP contribution in [0.4, 0.5) is 0 Å². The van der Waals surface area contributed by atoms with Crippen molar-refractivity contribution < 1.29 is 22.8 Å². The van der Waals surface area contributed by atoms with E-state index >= 15 is 0 Å². The summed E-state index contributed by atoms with van der Waals surface area (Å²) in [5.74, 6) is -0.753. The molecule has 1 N–H and O–H groups in total. The van der Waals surface area contributed by atoms with Gasteiger partial charge in [-0.25, -0.2) is 0 Å².